The van der Waals surface area contributed by atoms with Gasteiger partial charge in [0.05, 0.1) is 20.9 Å². The van der Waals surface area contributed by atoms with Gasteiger partial charge >= 0.3 is 0 Å². The van der Waals surface area contributed by atoms with E-state index < -0.39 is 25.7 Å². The van der Waals surface area contributed by atoms with Crippen molar-refractivity contribution in [2.75, 3.05) is 6.26 Å². The molecule has 7 rings (SSSR count). The van der Waals surface area contributed by atoms with Crippen molar-refractivity contribution in [3.05, 3.63) is 128 Å². The molecule has 4 unspecified atom stereocenters. The molecular weight excluding hydrogens is 790 g/mol. The molecule has 7 heterocycles. The van der Waals surface area contributed by atoms with Crippen molar-refractivity contribution in [3.8, 4) is 0 Å². The van der Waals surface area contributed by atoms with Crippen LogP contribution in [0.15, 0.2) is 124 Å². The predicted molar refractivity (Wildman–Crippen MR) is 182 cm³/mol. The first-order chi connectivity index (χ1) is 19.5. The summed E-state index contributed by atoms with van der Waals surface area (Å²) in [5, 5.41) is 7.65. The Morgan fingerprint density at radius 2 is 1.17 bits per heavy atom. The van der Waals surface area contributed by atoms with Crippen LogP contribution in [0.4, 0.5) is 3.89 Å². The summed E-state index contributed by atoms with van der Waals surface area (Å²) >= 11 is 30.7. The normalized spacial score (nSPS) is 33.5. The highest BCUT2D eigenvalue weighted by atomic mass is 79.9. The number of hydrogen-bond donors (Lipinski definition) is 0. The lowest BCUT2D eigenvalue weighted by Crippen LogP contribution is -2.54. The summed E-state index contributed by atoms with van der Waals surface area (Å²) < 4.78 is 29.9. The van der Waals surface area contributed by atoms with Gasteiger partial charge in [-0.2, -0.15) is 3.89 Å². The van der Waals surface area contributed by atoms with Crippen LogP contribution in [0.3, 0.4) is 0 Å². The van der Waals surface area contributed by atoms with Crippen LogP contribution in [0.1, 0.15) is 21.3 Å². The molecule has 0 amide bonds. The highest BCUT2D eigenvalue weighted by Crippen LogP contribution is 3.22. The van der Waals surface area contributed by atoms with Gasteiger partial charge in [-0.15, -0.1) is 56.9 Å². The predicted octanol–water partition coefficient (Wildman–Crippen LogP) is 12.7. The molecular formula is C29H21Br2Cl2FO2S5. The quantitative estimate of drug-likeness (QED) is 0.157. The first-order valence-electron chi connectivity index (χ1n) is 12.3. The highest BCUT2D eigenvalue weighted by Gasteiger charge is 3.02. The Morgan fingerprint density at radius 3 is 1.61 bits per heavy atom. The third-order valence-electron chi connectivity index (χ3n) is 8.53. The number of rotatable bonds is 6. The molecule has 0 saturated carbocycles. The van der Waals surface area contributed by atoms with Gasteiger partial charge in [-0.05, 0) is 76.3 Å². The summed E-state index contributed by atoms with van der Waals surface area (Å²) in [5.74, 6) is 0.685. The fraction of sp³-hybridized carbons (Fsp3) is 0.172. The average Bonchev–Trinajstić information content (AvgIpc) is 3.84. The maximum atomic E-state index is 21.7. The van der Waals surface area contributed by atoms with Crippen molar-refractivity contribution < 1.29 is 12.7 Å². The van der Waals surface area contributed by atoms with E-state index in [4.69, 9.17) is 32.0 Å². The van der Waals surface area contributed by atoms with E-state index in [-0.39, 0.29) is 0 Å². The first kappa shape index (κ1) is 28.9. The van der Waals surface area contributed by atoms with Crippen molar-refractivity contribution in [2.45, 2.75) is 25.5 Å². The Morgan fingerprint density at radius 1 is 0.683 bits per heavy atom. The molecule has 12 heteroatoms. The SMILES string of the molecule is CS1(F)(c2cccs2)(c2cccs2)C(Cl)(c2cccs2)C(Cl)(c2ccco2)C(Br)(c2cccs2)C1(Br)c1ccco1. The second-order valence-corrected chi connectivity index (χ2v) is 24.6. The van der Waals surface area contributed by atoms with Gasteiger partial charge in [-0.25, -0.2) is 0 Å². The van der Waals surface area contributed by atoms with Gasteiger partial charge in [-0.1, -0.05) is 76.4 Å². The molecule has 6 aromatic rings. The van der Waals surface area contributed by atoms with Crippen molar-refractivity contribution in [2.24, 2.45) is 0 Å². The molecule has 1 fully saturated rings. The minimum absolute atomic E-state index is 0.332. The molecule has 0 aliphatic carbocycles. The minimum Gasteiger partial charge on any atom is -0.467 e. The average molecular weight is 812 g/mol. The highest BCUT2D eigenvalue weighted by molar-refractivity contribution is 9.15. The molecule has 0 aromatic carbocycles. The van der Waals surface area contributed by atoms with Crippen LogP contribution < -0.4 is 0 Å². The minimum atomic E-state index is -5.93. The van der Waals surface area contributed by atoms with Crippen molar-refractivity contribution in [3.63, 3.8) is 0 Å². The van der Waals surface area contributed by atoms with E-state index in [0.29, 0.717) is 24.8 Å². The molecule has 41 heavy (non-hydrogen) atoms. The molecule has 4 atom stereocenters. The van der Waals surface area contributed by atoms with Crippen LogP contribution in [0.25, 0.3) is 0 Å². The zero-order chi connectivity index (χ0) is 28.8. The molecule has 1 saturated heterocycles. The monoisotopic (exact) mass is 808 g/mol. The van der Waals surface area contributed by atoms with Gasteiger partial charge in [0, 0.05) is 9.75 Å². The Balaban J connectivity index is 1.90. The Labute approximate surface area is 278 Å². The van der Waals surface area contributed by atoms with Gasteiger partial charge in [0.1, 0.15) is 15.8 Å². The van der Waals surface area contributed by atoms with Crippen molar-refractivity contribution >= 4 is 109 Å². The maximum absolute atomic E-state index is 21.7. The summed E-state index contributed by atoms with van der Waals surface area (Å²) in [7, 11) is -5.93. The smallest absolute Gasteiger partial charge is 0.158 e. The molecule has 0 bridgehead atoms. The Hall–Kier alpha value is -0.820. The van der Waals surface area contributed by atoms with Crippen LogP contribution in [0.2, 0.25) is 0 Å². The Bertz CT molecular complexity index is 1690. The summed E-state index contributed by atoms with van der Waals surface area (Å²) in [6, 6.07) is 22.2. The summed E-state index contributed by atoms with van der Waals surface area (Å²) in [5.41, 5.74) is 0. The van der Waals surface area contributed by atoms with Crippen LogP contribution in [-0.2, 0) is 17.1 Å². The number of furan rings is 2. The fourth-order valence-corrected chi connectivity index (χ4v) is 30.4. The van der Waals surface area contributed by atoms with E-state index in [1.54, 1.807) is 43.0 Å². The van der Waals surface area contributed by atoms with E-state index in [0.717, 1.165) is 4.88 Å². The second-order valence-electron chi connectivity index (χ2n) is 10.2. The molecule has 6 aromatic heterocycles. The van der Waals surface area contributed by atoms with E-state index in [2.05, 4.69) is 31.9 Å². The largest absolute Gasteiger partial charge is 0.467 e. The molecule has 0 N–H and O–H groups in total. The zero-order valence-electron chi connectivity index (χ0n) is 21.1. The lowest BCUT2D eigenvalue weighted by Gasteiger charge is -2.78. The standard InChI is InChI=1S/C29H21Br2Cl2FO2S5/c1-41(34,24-12-6-18-39-24,25-13-7-19-40-25)28(31,21-9-3-15-36-21)26(30,22-10-4-16-37-22)27(32,20-8-2-14-35-20)29(41,33)23-11-5-17-38-23/h2-19H,1H3. The zero-order valence-corrected chi connectivity index (χ0v) is 29.9. The number of thiophene rings is 4. The molecule has 1 aliphatic heterocycles. The number of hydrogen-bond acceptors (Lipinski definition) is 6. The third-order valence-corrected chi connectivity index (χ3v) is 31.8. The van der Waals surface area contributed by atoms with Crippen LogP contribution >= 0.6 is 109 Å². The molecule has 214 valence electrons. The lowest BCUT2D eigenvalue weighted by molar-refractivity contribution is 0.332. The topological polar surface area (TPSA) is 26.3 Å². The van der Waals surface area contributed by atoms with Crippen LogP contribution in [-0.4, -0.2) is 6.26 Å². The third kappa shape index (κ3) is 2.68. The maximum Gasteiger partial charge on any atom is 0.158 e. The molecule has 0 radical (unpaired) electrons. The van der Waals surface area contributed by atoms with E-state index in [9.17, 15) is 0 Å². The van der Waals surface area contributed by atoms with Gasteiger partial charge in [-0.3, -0.25) is 0 Å². The fourth-order valence-electron chi connectivity index (χ4n) is 6.74. The Kier molecular flexibility index (Phi) is 6.27. The van der Waals surface area contributed by atoms with Crippen molar-refractivity contribution in [1.29, 1.82) is 0 Å². The van der Waals surface area contributed by atoms with Crippen molar-refractivity contribution in [1.82, 2.24) is 0 Å². The van der Waals surface area contributed by atoms with E-state index in [1.165, 1.54) is 45.3 Å². The van der Waals surface area contributed by atoms with Gasteiger partial charge in [0.15, 0.2) is 12.7 Å². The lowest BCUT2D eigenvalue weighted by atomic mass is 9.81. The summed E-state index contributed by atoms with van der Waals surface area (Å²) in [4.78, 5) is -0.447. The van der Waals surface area contributed by atoms with Gasteiger partial charge < -0.3 is 8.83 Å². The summed E-state index contributed by atoms with van der Waals surface area (Å²) in [6.45, 7) is 0. The molecule has 2 nitrogen and oxygen atoms in total. The van der Waals surface area contributed by atoms with Crippen LogP contribution in [0.5, 0.6) is 0 Å². The molecule has 1 aliphatic rings. The van der Waals surface area contributed by atoms with E-state index in [1.807, 2.05) is 70.1 Å². The van der Waals surface area contributed by atoms with Gasteiger partial charge in [0.25, 0.3) is 0 Å². The second kappa shape index (κ2) is 8.88. The first-order valence-corrected chi connectivity index (χ1v) is 20.9. The summed E-state index contributed by atoms with van der Waals surface area (Å²) in [6.07, 6.45) is 4.84. The van der Waals surface area contributed by atoms with Gasteiger partial charge in [0.2, 0.25) is 0 Å². The number of halogens is 5. The van der Waals surface area contributed by atoms with E-state index >= 15 is 3.89 Å². The number of alkyl halides is 4. The van der Waals surface area contributed by atoms with Crippen LogP contribution in [0, 0.1) is 0 Å². The molecule has 0 spiro atoms.